The minimum Gasteiger partial charge on any atom is -0.508 e. The summed E-state index contributed by atoms with van der Waals surface area (Å²) in [5.74, 6) is 0.926. The third kappa shape index (κ3) is 1.73. The van der Waals surface area contributed by atoms with Crippen LogP contribution in [0.25, 0.3) is 0 Å². The first-order chi connectivity index (χ1) is 9.60. The maximum atomic E-state index is 9.39. The smallest absolute Gasteiger partial charge is 0.191 e. The number of hydrogen-bond donors (Lipinski definition) is 1. The molecular formula is C17H20O3. The lowest BCUT2D eigenvalue weighted by molar-refractivity contribution is -0.307. The van der Waals surface area contributed by atoms with Gasteiger partial charge in [-0.05, 0) is 55.9 Å². The van der Waals surface area contributed by atoms with Gasteiger partial charge in [-0.1, -0.05) is 12.2 Å². The van der Waals surface area contributed by atoms with Crippen LogP contribution in [0.1, 0.15) is 25.3 Å². The number of ether oxygens (including phenoxy) is 2. The van der Waals surface area contributed by atoms with Gasteiger partial charge in [0.05, 0.1) is 13.2 Å². The van der Waals surface area contributed by atoms with E-state index in [2.05, 4.69) is 12.2 Å². The lowest BCUT2D eigenvalue weighted by Crippen LogP contribution is -2.48. The molecule has 1 spiro atoms. The second kappa shape index (κ2) is 4.09. The van der Waals surface area contributed by atoms with Gasteiger partial charge in [0.2, 0.25) is 0 Å². The third-order valence-electron chi connectivity index (χ3n) is 5.29. The van der Waals surface area contributed by atoms with Crippen molar-refractivity contribution in [2.75, 3.05) is 13.2 Å². The minimum atomic E-state index is -0.690. The van der Waals surface area contributed by atoms with Crippen molar-refractivity contribution < 1.29 is 14.6 Å². The van der Waals surface area contributed by atoms with Crippen molar-refractivity contribution in [2.24, 2.45) is 17.3 Å². The van der Waals surface area contributed by atoms with Crippen LogP contribution in [0.5, 0.6) is 5.75 Å². The molecule has 106 valence electrons. The molecule has 2 bridgehead atoms. The molecule has 1 saturated carbocycles. The maximum Gasteiger partial charge on any atom is 0.191 e. The maximum absolute atomic E-state index is 9.39. The molecular weight excluding hydrogens is 252 g/mol. The van der Waals surface area contributed by atoms with Gasteiger partial charge in [0.1, 0.15) is 5.75 Å². The number of phenols is 1. The molecule has 3 aliphatic rings. The van der Waals surface area contributed by atoms with E-state index in [1.807, 2.05) is 19.1 Å². The Morgan fingerprint density at radius 2 is 1.80 bits per heavy atom. The lowest BCUT2D eigenvalue weighted by Gasteiger charge is -2.46. The lowest BCUT2D eigenvalue weighted by atomic mass is 9.76. The van der Waals surface area contributed by atoms with Crippen molar-refractivity contribution in [3.63, 3.8) is 0 Å². The highest BCUT2D eigenvalue weighted by Crippen LogP contribution is 2.55. The molecule has 1 aromatic rings. The van der Waals surface area contributed by atoms with E-state index in [1.165, 1.54) is 12.8 Å². The van der Waals surface area contributed by atoms with E-state index in [0.29, 0.717) is 5.92 Å². The average molecular weight is 272 g/mol. The van der Waals surface area contributed by atoms with Crippen LogP contribution in [0.2, 0.25) is 0 Å². The molecule has 1 aliphatic heterocycles. The van der Waals surface area contributed by atoms with Crippen molar-refractivity contribution in [3.05, 3.63) is 42.0 Å². The quantitative estimate of drug-likeness (QED) is 0.798. The number of fused-ring (bicyclic) bond motifs is 3. The number of benzene rings is 1. The number of aromatic hydroxyl groups is 1. The van der Waals surface area contributed by atoms with Crippen LogP contribution in [0.15, 0.2) is 36.4 Å². The summed E-state index contributed by atoms with van der Waals surface area (Å²) in [6.07, 6.45) is 7.16. The van der Waals surface area contributed by atoms with Crippen LogP contribution in [0.4, 0.5) is 0 Å². The predicted octanol–water partition coefficient (Wildman–Crippen LogP) is 3.19. The van der Waals surface area contributed by atoms with Gasteiger partial charge in [0, 0.05) is 11.0 Å². The van der Waals surface area contributed by atoms with Crippen LogP contribution in [-0.2, 0) is 15.3 Å². The summed E-state index contributed by atoms with van der Waals surface area (Å²) in [5, 5.41) is 9.39. The zero-order chi connectivity index (χ0) is 13.8. The van der Waals surface area contributed by atoms with Gasteiger partial charge in [-0.3, -0.25) is 0 Å². The molecule has 2 atom stereocenters. The Labute approximate surface area is 119 Å². The third-order valence-corrected chi connectivity index (χ3v) is 5.29. The molecule has 0 aromatic heterocycles. The summed E-state index contributed by atoms with van der Waals surface area (Å²) < 4.78 is 12.3. The van der Waals surface area contributed by atoms with Crippen LogP contribution in [0, 0.1) is 17.3 Å². The Kier molecular flexibility index (Phi) is 2.54. The van der Waals surface area contributed by atoms with Gasteiger partial charge in [0.25, 0.3) is 0 Å². The van der Waals surface area contributed by atoms with E-state index in [1.54, 1.807) is 12.1 Å². The molecule has 2 aliphatic carbocycles. The zero-order valence-electron chi connectivity index (χ0n) is 11.7. The molecule has 1 saturated heterocycles. The molecule has 0 radical (unpaired) electrons. The van der Waals surface area contributed by atoms with Gasteiger partial charge >= 0.3 is 0 Å². The number of allylic oxidation sites excluding steroid dienone is 2. The fourth-order valence-corrected chi connectivity index (χ4v) is 3.96. The minimum absolute atomic E-state index is 0.190. The van der Waals surface area contributed by atoms with Gasteiger partial charge < -0.3 is 14.6 Å². The molecule has 20 heavy (non-hydrogen) atoms. The van der Waals surface area contributed by atoms with E-state index in [4.69, 9.17) is 9.47 Å². The Balaban J connectivity index is 1.54. The Hall–Kier alpha value is -1.32. The largest absolute Gasteiger partial charge is 0.508 e. The van der Waals surface area contributed by atoms with E-state index in [0.717, 1.165) is 24.7 Å². The summed E-state index contributed by atoms with van der Waals surface area (Å²) in [6.45, 7) is 3.49. The van der Waals surface area contributed by atoms with E-state index < -0.39 is 5.79 Å². The average Bonchev–Trinajstić information content (AvgIpc) is 3.04. The first kappa shape index (κ1) is 12.4. The first-order valence-corrected chi connectivity index (χ1v) is 7.35. The van der Waals surface area contributed by atoms with Crippen molar-refractivity contribution >= 4 is 0 Å². The zero-order valence-corrected chi connectivity index (χ0v) is 11.7. The summed E-state index contributed by atoms with van der Waals surface area (Å²) in [4.78, 5) is 0. The predicted molar refractivity (Wildman–Crippen MR) is 75.1 cm³/mol. The van der Waals surface area contributed by atoms with Crippen LogP contribution >= 0.6 is 0 Å². The van der Waals surface area contributed by atoms with Crippen LogP contribution in [0.3, 0.4) is 0 Å². The van der Waals surface area contributed by atoms with Crippen molar-refractivity contribution in [1.29, 1.82) is 0 Å². The standard InChI is InChI=1S/C17H20O3/c1-16(13-4-6-15(18)7-5-13)19-10-17(11-20-16)9-12-2-3-14(17)8-12/h2-7,12,14,18H,8-11H2,1H3. The second-order valence-corrected chi connectivity index (χ2v) is 6.62. The number of hydrogen-bond acceptors (Lipinski definition) is 3. The van der Waals surface area contributed by atoms with Gasteiger partial charge in [-0.2, -0.15) is 0 Å². The molecule has 1 aromatic carbocycles. The highest BCUT2D eigenvalue weighted by atomic mass is 16.7. The SMILES string of the molecule is CC1(c2ccc(O)cc2)OCC2(CO1)CC1C=CC2C1. The summed E-state index contributed by atoms with van der Waals surface area (Å²) in [7, 11) is 0. The molecule has 4 rings (SSSR count). The summed E-state index contributed by atoms with van der Waals surface area (Å²) in [6, 6.07) is 7.10. The molecule has 1 N–H and O–H groups in total. The molecule has 1 heterocycles. The normalized spacial score (nSPS) is 42.5. The van der Waals surface area contributed by atoms with Crippen molar-refractivity contribution in [2.45, 2.75) is 25.6 Å². The molecule has 3 heteroatoms. The van der Waals surface area contributed by atoms with Gasteiger partial charge in [0.15, 0.2) is 5.79 Å². The Bertz CT molecular complexity index is 538. The number of rotatable bonds is 1. The Morgan fingerprint density at radius 3 is 2.35 bits per heavy atom. The van der Waals surface area contributed by atoms with Gasteiger partial charge in [-0.15, -0.1) is 0 Å². The highest BCUT2D eigenvalue weighted by Gasteiger charge is 2.53. The Morgan fingerprint density at radius 1 is 1.10 bits per heavy atom. The highest BCUT2D eigenvalue weighted by molar-refractivity contribution is 5.29. The molecule has 2 fully saturated rings. The van der Waals surface area contributed by atoms with E-state index in [-0.39, 0.29) is 11.2 Å². The molecule has 3 nitrogen and oxygen atoms in total. The first-order valence-electron chi connectivity index (χ1n) is 7.35. The fourth-order valence-electron chi connectivity index (χ4n) is 3.96. The van der Waals surface area contributed by atoms with E-state index in [9.17, 15) is 5.11 Å². The summed E-state index contributed by atoms with van der Waals surface area (Å²) >= 11 is 0. The van der Waals surface area contributed by atoms with E-state index >= 15 is 0 Å². The van der Waals surface area contributed by atoms with Crippen molar-refractivity contribution in [1.82, 2.24) is 0 Å². The summed E-state index contributed by atoms with van der Waals surface area (Å²) in [5.41, 5.74) is 1.15. The fraction of sp³-hybridized carbons (Fsp3) is 0.529. The topological polar surface area (TPSA) is 38.7 Å². The second-order valence-electron chi connectivity index (χ2n) is 6.62. The van der Waals surface area contributed by atoms with Gasteiger partial charge in [-0.25, -0.2) is 0 Å². The van der Waals surface area contributed by atoms with Crippen molar-refractivity contribution in [3.8, 4) is 5.75 Å². The number of phenolic OH excluding ortho intramolecular Hbond substituents is 1. The van der Waals surface area contributed by atoms with Crippen LogP contribution < -0.4 is 0 Å². The monoisotopic (exact) mass is 272 g/mol. The molecule has 2 unspecified atom stereocenters. The van der Waals surface area contributed by atoms with Crippen LogP contribution in [-0.4, -0.2) is 18.3 Å². The molecule has 0 amide bonds.